The van der Waals surface area contributed by atoms with Gasteiger partial charge in [-0.05, 0) is 84.4 Å². The highest BCUT2D eigenvalue weighted by molar-refractivity contribution is 7.09. The Morgan fingerprint density at radius 1 is 1.07 bits per heavy atom. The number of aryl methyl sites for hydroxylation is 1. The number of nitrogens with zero attached hydrogens (tertiary/aromatic N) is 2. The Hall–Kier alpha value is -3.38. The summed E-state index contributed by atoms with van der Waals surface area (Å²) in [7, 11) is 0. The number of aromatic hydroxyl groups is 1. The van der Waals surface area contributed by atoms with Gasteiger partial charge in [0.15, 0.2) is 0 Å². The molecule has 5 rings (SSSR count). The Kier molecular flexibility index (Phi) is 4.85. The van der Waals surface area contributed by atoms with Crippen molar-refractivity contribution in [2.75, 3.05) is 0 Å². The van der Waals surface area contributed by atoms with E-state index in [-0.39, 0.29) is 12.0 Å². The maximum absolute atomic E-state index is 9.44. The van der Waals surface area contributed by atoms with E-state index in [2.05, 4.69) is 15.4 Å². The number of hydrogen-bond donors (Lipinski definition) is 1. The van der Waals surface area contributed by atoms with E-state index in [9.17, 15) is 5.11 Å². The molecule has 0 unspecified atom stereocenters. The van der Waals surface area contributed by atoms with Crippen LogP contribution in [0.1, 0.15) is 29.2 Å². The molecule has 2 heterocycles. The monoisotopic (exact) mass is 416 g/mol. The number of pyridine rings is 1. The van der Waals surface area contributed by atoms with Crippen molar-refractivity contribution in [1.82, 2.24) is 9.36 Å². The van der Waals surface area contributed by atoms with E-state index >= 15 is 0 Å². The molecule has 0 saturated carbocycles. The van der Waals surface area contributed by atoms with Crippen LogP contribution in [0.5, 0.6) is 23.3 Å². The molecule has 2 aromatic heterocycles. The molecule has 1 aliphatic carbocycles. The zero-order valence-electron chi connectivity index (χ0n) is 16.4. The van der Waals surface area contributed by atoms with Crippen LogP contribution in [0.25, 0.3) is 10.4 Å². The summed E-state index contributed by atoms with van der Waals surface area (Å²) in [4.78, 5) is 5.24. The van der Waals surface area contributed by atoms with Gasteiger partial charge in [-0.2, -0.15) is 4.37 Å². The number of fused-ring (bicyclic) bond motifs is 1. The zero-order chi connectivity index (χ0) is 20.5. The highest BCUT2D eigenvalue weighted by Crippen LogP contribution is 2.41. The summed E-state index contributed by atoms with van der Waals surface area (Å²) in [6.45, 7) is 2.02. The van der Waals surface area contributed by atoms with E-state index in [0.29, 0.717) is 5.88 Å². The Morgan fingerprint density at radius 3 is 2.70 bits per heavy atom. The summed E-state index contributed by atoms with van der Waals surface area (Å²) in [5.74, 6) is 2.32. The number of ether oxygens (including phenoxy) is 2. The minimum absolute atomic E-state index is 0.00711. The highest BCUT2D eigenvalue weighted by Gasteiger charge is 2.27. The predicted molar refractivity (Wildman–Crippen MR) is 116 cm³/mol. The minimum Gasteiger partial charge on any atom is -0.493 e. The Bertz CT molecular complexity index is 1190. The fourth-order valence-electron chi connectivity index (χ4n) is 3.74. The second-order valence-corrected chi connectivity index (χ2v) is 8.12. The molecule has 1 aliphatic rings. The molecule has 150 valence electrons. The van der Waals surface area contributed by atoms with Gasteiger partial charge < -0.3 is 14.6 Å². The Balaban J connectivity index is 1.34. The molecule has 0 amide bonds. The van der Waals surface area contributed by atoms with Gasteiger partial charge >= 0.3 is 0 Å². The standard InChI is InChI=1S/C24H20N2O3S/c1-15-11-12-25-24(13-15)29-20-4-2-3-18-19(20)9-10-21(18)28-17-7-5-16(6-8-17)22-14-23(27)26-30-22/h2-8,11-14,21H,9-10H2,1H3,(H,26,27)/t21-/m1/s1. The van der Waals surface area contributed by atoms with Crippen molar-refractivity contribution in [3.05, 3.63) is 83.6 Å². The van der Waals surface area contributed by atoms with E-state index in [1.54, 1.807) is 12.3 Å². The molecule has 0 fully saturated rings. The van der Waals surface area contributed by atoms with Crippen molar-refractivity contribution >= 4 is 11.5 Å². The third-order valence-corrected chi connectivity index (χ3v) is 6.02. The van der Waals surface area contributed by atoms with Gasteiger partial charge in [0.05, 0.1) is 4.88 Å². The van der Waals surface area contributed by atoms with Crippen LogP contribution < -0.4 is 9.47 Å². The Labute approximate surface area is 178 Å². The van der Waals surface area contributed by atoms with E-state index in [1.165, 1.54) is 17.1 Å². The maximum Gasteiger partial charge on any atom is 0.223 e. The molecule has 4 aromatic rings. The first-order valence-corrected chi connectivity index (χ1v) is 10.6. The predicted octanol–water partition coefficient (Wildman–Crippen LogP) is 6.08. The first-order valence-electron chi connectivity index (χ1n) is 9.81. The van der Waals surface area contributed by atoms with E-state index < -0.39 is 0 Å². The van der Waals surface area contributed by atoms with Crippen molar-refractivity contribution in [3.8, 4) is 33.7 Å². The molecule has 1 N–H and O–H groups in total. The van der Waals surface area contributed by atoms with E-state index in [1.807, 2.05) is 55.5 Å². The van der Waals surface area contributed by atoms with Gasteiger partial charge in [0.25, 0.3) is 0 Å². The topological polar surface area (TPSA) is 64.5 Å². The molecular weight excluding hydrogens is 396 g/mol. The van der Waals surface area contributed by atoms with Crippen molar-refractivity contribution in [2.24, 2.45) is 0 Å². The lowest BCUT2D eigenvalue weighted by Gasteiger charge is -2.16. The second kappa shape index (κ2) is 7.80. The van der Waals surface area contributed by atoms with Gasteiger partial charge in [-0.25, -0.2) is 4.98 Å². The van der Waals surface area contributed by atoms with Gasteiger partial charge in [-0.3, -0.25) is 0 Å². The van der Waals surface area contributed by atoms with E-state index in [0.717, 1.165) is 45.9 Å². The summed E-state index contributed by atoms with van der Waals surface area (Å²) in [6, 6.07) is 19.6. The lowest BCUT2D eigenvalue weighted by molar-refractivity contribution is 0.207. The van der Waals surface area contributed by atoms with Crippen molar-refractivity contribution in [1.29, 1.82) is 0 Å². The molecule has 2 aromatic carbocycles. The third-order valence-electron chi connectivity index (χ3n) is 5.19. The van der Waals surface area contributed by atoms with Crippen LogP contribution in [0, 0.1) is 6.92 Å². The van der Waals surface area contributed by atoms with Crippen LogP contribution >= 0.6 is 11.5 Å². The lowest BCUT2D eigenvalue weighted by atomic mass is 10.1. The molecular formula is C24H20N2O3S. The number of hydrogen-bond acceptors (Lipinski definition) is 6. The molecule has 0 spiro atoms. The number of rotatable bonds is 5. The SMILES string of the molecule is Cc1ccnc(Oc2cccc3c2CC[C@H]3Oc2ccc(-c3cc(O)ns3)cc2)c1. The van der Waals surface area contributed by atoms with Crippen molar-refractivity contribution in [3.63, 3.8) is 0 Å². The van der Waals surface area contributed by atoms with Crippen molar-refractivity contribution in [2.45, 2.75) is 25.9 Å². The maximum atomic E-state index is 9.44. The van der Waals surface area contributed by atoms with Gasteiger partial charge in [0.2, 0.25) is 11.8 Å². The lowest BCUT2D eigenvalue weighted by Crippen LogP contribution is -2.03. The highest BCUT2D eigenvalue weighted by atomic mass is 32.1. The fourth-order valence-corrected chi connectivity index (χ4v) is 4.39. The molecule has 0 aliphatic heterocycles. The minimum atomic E-state index is -0.00711. The second-order valence-electron chi connectivity index (χ2n) is 7.32. The zero-order valence-corrected chi connectivity index (χ0v) is 17.2. The average Bonchev–Trinajstić information content (AvgIpc) is 3.36. The number of aromatic nitrogens is 2. The van der Waals surface area contributed by atoms with Crippen LogP contribution in [0.3, 0.4) is 0 Å². The molecule has 0 radical (unpaired) electrons. The first-order chi connectivity index (χ1) is 14.7. The summed E-state index contributed by atoms with van der Waals surface area (Å²) >= 11 is 1.28. The van der Waals surface area contributed by atoms with Crippen molar-refractivity contribution < 1.29 is 14.6 Å². The molecule has 0 saturated heterocycles. The number of benzene rings is 2. The van der Waals surface area contributed by atoms with Gasteiger partial charge in [-0.1, -0.05) is 12.1 Å². The third kappa shape index (κ3) is 3.74. The van der Waals surface area contributed by atoms with Crippen LogP contribution in [0.15, 0.2) is 66.9 Å². The largest absolute Gasteiger partial charge is 0.493 e. The van der Waals surface area contributed by atoms with Crippen LogP contribution in [-0.4, -0.2) is 14.5 Å². The summed E-state index contributed by atoms with van der Waals surface area (Å²) in [6.07, 6.45) is 3.56. The summed E-state index contributed by atoms with van der Waals surface area (Å²) in [5, 5.41) is 9.44. The molecule has 30 heavy (non-hydrogen) atoms. The molecule has 1 atom stereocenters. The smallest absolute Gasteiger partial charge is 0.223 e. The molecule has 5 nitrogen and oxygen atoms in total. The summed E-state index contributed by atoms with van der Waals surface area (Å²) < 4.78 is 16.3. The van der Waals surface area contributed by atoms with Gasteiger partial charge in [0, 0.05) is 23.9 Å². The van der Waals surface area contributed by atoms with Crippen LogP contribution in [0.4, 0.5) is 0 Å². The Morgan fingerprint density at radius 2 is 1.93 bits per heavy atom. The molecule has 6 heteroatoms. The van der Waals surface area contributed by atoms with Crippen LogP contribution in [-0.2, 0) is 6.42 Å². The van der Waals surface area contributed by atoms with Gasteiger partial charge in [-0.15, -0.1) is 0 Å². The normalized spacial score (nSPS) is 15.0. The quantitative estimate of drug-likeness (QED) is 0.427. The average molecular weight is 417 g/mol. The van der Waals surface area contributed by atoms with E-state index in [4.69, 9.17) is 9.47 Å². The van der Waals surface area contributed by atoms with Gasteiger partial charge in [0.1, 0.15) is 17.6 Å². The molecule has 0 bridgehead atoms. The first kappa shape index (κ1) is 18.6. The fraction of sp³-hybridized carbons (Fsp3) is 0.167. The van der Waals surface area contributed by atoms with Crippen LogP contribution in [0.2, 0.25) is 0 Å². The summed E-state index contributed by atoms with van der Waals surface area (Å²) in [5.41, 5.74) is 4.47.